The summed E-state index contributed by atoms with van der Waals surface area (Å²) >= 11 is 0. The molecule has 0 bridgehead atoms. The van der Waals surface area contributed by atoms with Crippen molar-refractivity contribution in [3.05, 3.63) is 11.1 Å². The second-order valence-corrected chi connectivity index (χ2v) is 3.86. The SMILES string of the molecule is CON(C(C)=O)C(C)CC(C)=C(C)C. The Hall–Kier alpha value is -0.830. The summed E-state index contributed by atoms with van der Waals surface area (Å²) in [6.07, 6.45) is 0.857. The Morgan fingerprint density at radius 3 is 2.07 bits per heavy atom. The van der Waals surface area contributed by atoms with E-state index in [1.807, 2.05) is 6.92 Å². The van der Waals surface area contributed by atoms with Gasteiger partial charge < -0.3 is 0 Å². The van der Waals surface area contributed by atoms with E-state index in [9.17, 15) is 4.79 Å². The molecule has 82 valence electrons. The summed E-state index contributed by atoms with van der Waals surface area (Å²) in [5.41, 5.74) is 2.61. The highest BCUT2D eigenvalue weighted by molar-refractivity contribution is 5.72. The van der Waals surface area contributed by atoms with Gasteiger partial charge in [0.05, 0.1) is 13.2 Å². The van der Waals surface area contributed by atoms with Crippen LogP contribution in [-0.2, 0) is 9.63 Å². The molecule has 0 fully saturated rings. The molecule has 0 spiro atoms. The van der Waals surface area contributed by atoms with E-state index in [0.717, 1.165) is 6.42 Å². The van der Waals surface area contributed by atoms with Crippen LogP contribution in [0, 0.1) is 0 Å². The van der Waals surface area contributed by atoms with Gasteiger partial charge in [0, 0.05) is 6.92 Å². The number of carbonyl (C=O) groups is 1. The van der Waals surface area contributed by atoms with Crippen LogP contribution in [-0.4, -0.2) is 24.1 Å². The molecule has 0 rings (SSSR count). The maximum atomic E-state index is 11.2. The molecule has 1 unspecified atom stereocenters. The number of hydroxylamine groups is 2. The van der Waals surface area contributed by atoms with Crippen LogP contribution in [0.1, 0.15) is 41.0 Å². The normalized spacial score (nSPS) is 12.1. The number of rotatable bonds is 4. The van der Waals surface area contributed by atoms with Crippen LogP contribution >= 0.6 is 0 Å². The highest BCUT2D eigenvalue weighted by atomic mass is 16.7. The Balaban J connectivity index is 4.39. The van der Waals surface area contributed by atoms with Gasteiger partial charge in [0.1, 0.15) is 0 Å². The van der Waals surface area contributed by atoms with Crippen molar-refractivity contribution >= 4 is 5.91 Å². The standard InChI is InChI=1S/C11H21NO2/c1-8(2)9(3)7-10(4)12(14-6)11(5)13/h10H,7H2,1-6H3. The second kappa shape index (κ2) is 5.81. The van der Waals surface area contributed by atoms with E-state index < -0.39 is 0 Å². The van der Waals surface area contributed by atoms with Crippen molar-refractivity contribution in [1.29, 1.82) is 0 Å². The second-order valence-electron chi connectivity index (χ2n) is 3.86. The molecule has 0 aromatic rings. The fourth-order valence-electron chi connectivity index (χ4n) is 1.35. The van der Waals surface area contributed by atoms with Crippen LogP contribution in [0.15, 0.2) is 11.1 Å². The van der Waals surface area contributed by atoms with Crippen LogP contribution in [0.5, 0.6) is 0 Å². The quantitative estimate of drug-likeness (QED) is 0.514. The molecule has 0 aliphatic heterocycles. The minimum absolute atomic E-state index is 0.0541. The molecular formula is C11H21NO2. The number of amides is 1. The molecule has 1 atom stereocenters. The van der Waals surface area contributed by atoms with Crippen LogP contribution < -0.4 is 0 Å². The molecular weight excluding hydrogens is 178 g/mol. The van der Waals surface area contributed by atoms with E-state index >= 15 is 0 Å². The molecule has 14 heavy (non-hydrogen) atoms. The lowest BCUT2D eigenvalue weighted by molar-refractivity contribution is -0.184. The molecule has 3 nitrogen and oxygen atoms in total. The maximum Gasteiger partial charge on any atom is 0.243 e. The molecule has 0 aliphatic carbocycles. The van der Waals surface area contributed by atoms with E-state index in [1.165, 1.54) is 30.2 Å². The number of hydrogen-bond acceptors (Lipinski definition) is 2. The van der Waals surface area contributed by atoms with E-state index in [1.54, 1.807) is 0 Å². The predicted octanol–water partition coefficient (Wildman–Crippen LogP) is 2.53. The number of nitrogens with zero attached hydrogens (tertiary/aromatic N) is 1. The summed E-state index contributed by atoms with van der Waals surface area (Å²) in [4.78, 5) is 16.2. The zero-order valence-corrected chi connectivity index (χ0v) is 10.0. The first kappa shape index (κ1) is 13.2. The first-order valence-corrected chi connectivity index (χ1v) is 4.87. The molecule has 0 radical (unpaired) electrons. The molecule has 1 amide bonds. The topological polar surface area (TPSA) is 29.5 Å². The van der Waals surface area contributed by atoms with Gasteiger partial charge in [-0.15, -0.1) is 0 Å². The average molecular weight is 199 g/mol. The van der Waals surface area contributed by atoms with Crippen LogP contribution in [0.25, 0.3) is 0 Å². The lowest BCUT2D eigenvalue weighted by atomic mass is 10.0. The predicted molar refractivity (Wildman–Crippen MR) is 57.7 cm³/mol. The maximum absolute atomic E-state index is 11.2. The van der Waals surface area contributed by atoms with Crippen molar-refractivity contribution in [3.63, 3.8) is 0 Å². The molecule has 0 heterocycles. The third-order valence-electron chi connectivity index (χ3n) is 2.36. The Morgan fingerprint density at radius 1 is 1.29 bits per heavy atom. The molecule has 0 saturated heterocycles. The summed E-state index contributed by atoms with van der Waals surface area (Å²) in [6.45, 7) is 9.73. The lowest BCUT2D eigenvalue weighted by Crippen LogP contribution is -2.36. The van der Waals surface area contributed by atoms with Crippen LogP contribution in [0.4, 0.5) is 0 Å². The van der Waals surface area contributed by atoms with Crippen molar-refractivity contribution in [2.45, 2.75) is 47.1 Å². The van der Waals surface area contributed by atoms with Crippen LogP contribution in [0.2, 0.25) is 0 Å². The smallest absolute Gasteiger partial charge is 0.243 e. The fourth-order valence-corrected chi connectivity index (χ4v) is 1.35. The van der Waals surface area contributed by atoms with E-state index in [-0.39, 0.29) is 11.9 Å². The molecule has 0 N–H and O–H groups in total. The zero-order chi connectivity index (χ0) is 11.3. The largest absolute Gasteiger partial charge is 0.274 e. The molecule has 0 saturated carbocycles. The summed E-state index contributed by atoms with van der Waals surface area (Å²) < 4.78 is 0. The van der Waals surface area contributed by atoms with Crippen molar-refractivity contribution in [1.82, 2.24) is 5.06 Å². The highest BCUT2D eigenvalue weighted by Gasteiger charge is 2.16. The Kier molecular flexibility index (Phi) is 5.46. The van der Waals surface area contributed by atoms with Crippen molar-refractivity contribution in [3.8, 4) is 0 Å². The fraction of sp³-hybridized carbons (Fsp3) is 0.727. The molecule has 0 aromatic heterocycles. The average Bonchev–Trinajstić information content (AvgIpc) is 2.04. The highest BCUT2D eigenvalue weighted by Crippen LogP contribution is 2.14. The van der Waals surface area contributed by atoms with Crippen molar-refractivity contribution in [2.24, 2.45) is 0 Å². The van der Waals surface area contributed by atoms with Gasteiger partial charge in [-0.2, -0.15) is 0 Å². The summed E-state index contributed by atoms with van der Waals surface area (Å²) in [5.74, 6) is -0.0541. The van der Waals surface area contributed by atoms with E-state index in [2.05, 4.69) is 20.8 Å². The molecule has 0 aromatic carbocycles. The first-order valence-electron chi connectivity index (χ1n) is 4.87. The monoisotopic (exact) mass is 199 g/mol. The van der Waals surface area contributed by atoms with Gasteiger partial charge in [0.15, 0.2) is 0 Å². The summed E-state index contributed by atoms with van der Waals surface area (Å²) in [7, 11) is 1.52. The van der Waals surface area contributed by atoms with Gasteiger partial charge in [0.2, 0.25) is 5.91 Å². The summed E-state index contributed by atoms with van der Waals surface area (Å²) in [6, 6.07) is 0.0902. The minimum atomic E-state index is -0.0541. The van der Waals surface area contributed by atoms with Crippen molar-refractivity contribution in [2.75, 3.05) is 7.11 Å². The van der Waals surface area contributed by atoms with Gasteiger partial charge in [-0.05, 0) is 34.1 Å². The summed E-state index contributed by atoms with van der Waals surface area (Å²) in [5, 5.41) is 1.41. The number of allylic oxidation sites excluding steroid dienone is 1. The first-order chi connectivity index (χ1) is 6.40. The van der Waals surface area contributed by atoms with Gasteiger partial charge in [-0.25, -0.2) is 5.06 Å². The van der Waals surface area contributed by atoms with Gasteiger partial charge in [-0.3, -0.25) is 9.63 Å². The van der Waals surface area contributed by atoms with Gasteiger partial charge in [0.25, 0.3) is 0 Å². The van der Waals surface area contributed by atoms with Gasteiger partial charge >= 0.3 is 0 Å². The third kappa shape index (κ3) is 3.92. The minimum Gasteiger partial charge on any atom is -0.274 e. The lowest BCUT2D eigenvalue weighted by Gasteiger charge is -2.25. The van der Waals surface area contributed by atoms with E-state index in [0.29, 0.717) is 0 Å². The van der Waals surface area contributed by atoms with Crippen LogP contribution in [0.3, 0.4) is 0 Å². The number of hydrogen-bond donors (Lipinski definition) is 0. The molecule has 0 aliphatic rings. The molecule has 3 heteroatoms. The van der Waals surface area contributed by atoms with Gasteiger partial charge in [-0.1, -0.05) is 11.1 Å². The third-order valence-corrected chi connectivity index (χ3v) is 2.36. The van der Waals surface area contributed by atoms with E-state index in [4.69, 9.17) is 4.84 Å². The zero-order valence-electron chi connectivity index (χ0n) is 10.0. The van der Waals surface area contributed by atoms with Crippen molar-refractivity contribution < 1.29 is 9.63 Å². The Labute approximate surface area is 86.7 Å². The number of carbonyl (C=O) groups excluding carboxylic acids is 1. The Bertz CT molecular complexity index is 229. The Morgan fingerprint density at radius 2 is 1.79 bits per heavy atom.